The Balaban J connectivity index is 1.39. The van der Waals surface area contributed by atoms with Crippen LogP contribution in [0.5, 0.6) is 17.2 Å². The second-order valence-electron chi connectivity index (χ2n) is 11.4. The number of phenolic OH excluding ortho intramolecular Hbond substituents is 1. The Bertz CT molecular complexity index is 1830. The van der Waals surface area contributed by atoms with Crippen molar-refractivity contribution >= 4 is 23.6 Å². The van der Waals surface area contributed by atoms with Gasteiger partial charge in [0.25, 0.3) is 11.8 Å². The molecule has 5 N–H and O–H groups in total. The van der Waals surface area contributed by atoms with E-state index in [4.69, 9.17) is 9.26 Å². The van der Waals surface area contributed by atoms with E-state index in [1.807, 2.05) is 0 Å². The van der Waals surface area contributed by atoms with Gasteiger partial charge in [-0.1, -0.05) is 37.2 Å². The standard InChI is InChI=1S/C33H32F2N6O7/c1-16(2)28-32(46)37-17(3)29(43)38-24(31(45)36-15-26-39-33(48-41-26)27-22(34)5-4-6-23(27)35)13-18-7-9-19(10-8-18)47-20-11-12-25(42)21(14-20)30(44)40-28/h4-12,14,16-17,24,28,42H,13,15H2,1-3H3,(H,36,45)(H,37,46)(H,38,43)(H,40,44)/t17-,24-,28-/m0/s1. The van der Waals surface area contributed by atoms with E-state index in [-0.39, 0.29) is 35.9 Å². The predicted molar refractivity (Wildman–Crippen MR) is 165 cm³/mol. The number of aromatic hydroxyl groups is 1. The summed E-state index contributed by atoms with van der Waals surface area (Å²) < 4.78 is 39.2. The Kier molecular flexibility index (Phi) is 9.96. The molecule has 48 heavy (non-hydrogen) atoms. The molecular weight excluding hydrogens is 630 g/mol. The normalized spacial score (nSPS) is 18.6. The highest BCUT2D eigenvalue weighted by atomic mass is 19.1. The van der Waals surface area contributed by atoms with Crippen LogP contribution in [0.25, 0.3) is 11.5 Å². The second kappa shape index (κ2) is 14.3. The Hall–Kier alpha value is -5.86. The van der Waals surface area contributed by atoms with Crippen LogP contribution >= 0.6 is 0 Å². The summed E-state index contributed by atoms with van der Waals surface area (Å²) in [6.45, 7) is 4.52. The molecule has 0 aliphatic carbocycles. The van der Waals surface area contributed by atoms with Gasteiger partial charge in [0, 0.05) is 6.42 Å². The number of halogens is 2. The fraction of sp³-hybridized carbons (Fsp3) is 0.273. The summed E-state index contributed by atoms with van der Waals surface area (Å²) >= 11 is 0. The molecule has 250 valence electrons. The van der Waals surface area contributed by atoms with Gasteiger partial charge in [-0.2, -0.15) is 4.98 Å². The molecule has 1 aromatic heterocycles. The number of nitrogens with one attached hydrogen (secondary N) is 4. The number of benzene rings is 3. The van der Waals surface area contributed by atoms with Gasteiger partial charge in [-0.05, 0) is 60.9 Å². The first kappa shape index (κ1) is 33.5. The lowest BCUT2D eigenvalue weighted by Crippen LogP contribution is -2.57. The van der Waals surface area contributed by atoms with Gasteiger partial charge in [0.2, 0.25) is 17.7 Å². The first-order valence-electron chi connectivity index (χ1n) is 15.0. The number of phenols is 1. The van der Waals surface area contributed by atoms with Crippen LogP contribution in [0.4, 0.5) is 8.78 Å². The number of rotatable bonds is 5. The quantitative estimate of drug-likeness (QED) is 0.200. The molecule has 3 aromatic carbocycles. The number of hydrogen-bond donors (Lipinski definition) is 5. The first-order valence-corrected chi connectivity index (χ1v) is 15.0. The molecule has 3 atom stereocenters. The summed E-state index contributed by atoms with van der Waals surface area (Å²) in [7, 11) is 0. The summed E-state index contributed by atoms with van der Waals surface area (Å²) in [5, 5.41) is 24.4. The first-order chi connectivity index (χ1) is 22.9. The van der Waals surface area contributed by atoms with Crippen molar-refractivity contribution in [1.29, 1.82) is 0 Å². The SMILES string of the molecule is CC(C)[C@@H]1NC(=O)c2cc(ccc2O)Oc2ccc(cc2)C[C@@H](C(=O)NCc2noc(-c3c(F)cccc3F)n2)NC(=O)[C@H](C)NC1=O. The number of ether oxygens (including phenoxy) is 1. The lowest BCUT2D eigenvalue weighted by molar-refractivity contribution is -0.132. The molecule has 2 aliphatic rings. The number of nitrogens with zero attached hydrogens (tertiary/aromatic N) is 2. The van der Waals surface area contributed by atoms with E-state index in [9.17, 15) is 33.1 Å². The Morgan fingerprint density at radius 1 is 0.979 bits per heavy atom. The molecule has 6 rings (SSSR count). The molecule has 0 fully saturated rings. The van der Waals surface area contributed by atoms with Crippen LogP contribution in [-0.2, 0) is 27.3 Å². The van der Waals surface area contributed by atoms with Crippen molar-refractivity contribution in [2.24, 2.45) is 5.92 Å². The number of amides is 4. The van der Waals surface area contributed by atoms with Crippen LogP contribution in [0.2, 0.25) is 0 Å². The minimum atomic E-state index is -1.15. The van der Waals surface area contributed by atoms with Crippen molar-refractivity contribution in [2.75, 3.05) is 0 Å². The summed E-state index contributed by atoms with van der Waals surface area (Å²) in [5.74, 6) is -5.12. The van der Waals surface area contributed by atoms with Crippen molar-refractivity contribution in [3.8, 4) is 28.7 Å². The van der Waals surface area contributed by atoms with Gasteiger partial charge in [0.15, 0.2) is 5.82 Å². The second-order valence-corrected chi connectivity index (χ2v) is 11.4. The van der Waals surface area contributed by atoms with Crippen LogP contribution in [0.3, 0.4) is 0 Å². The molecule has 15 heteroatoms. The van der Waals surface area contributed by atoms with Gasteiger partial charge in [-0.3, -0.25) is 19.2 Å². The number of hydrogen-bond acceptors (Lipinski definition) is 9. The van der Waals surface area contributed by atoms with E-state index in [1.54, 1.807) is 38.1 Å². The van der Waals surface area contributed by atoms with E-state index < -0.39 is 70.8 Å². The molecule has 4 amide bonds. The highest BCUT2D eigenvalue weighted by Gasteiger charge is 2.30. The zero-order valence-electron chi connectivity index (χ0n) is 26.0. The zero-order chi connectivity index (χ0) is 34.5. The molecule has 4 bridgehead atoms. The number of aromatic nitrogens is 2. The maximum absolute atomic E-state index is 14.2. The molecule has 4 aromatic rings. The van der Waals surface area contributed by atoms with Gasteiger partial charge < -0.3 is 35.6 Å². The lowest BCUT2D eigenvalue weighted by Gasteiger charge is -2.25. The summed E-state index contributed by atoms with van der Waals surface area (Å²) in [5.41, 5.74) is 0.00943. The van der Waals surface area contributed by atoms with E-state index in [2.05, 4.69) is 31.4 Å². The van der Waals surface area contributed by atoms with Crippen molar-refractivity contribution in [3.63, 3.8) is 0 Å². The Labute approximate surface area is 273 Å². The van der Waals surface area contributed by atoms with E-state index in [0.717, 1.165) is 12.1 Å². The fourth-order valence-electron chi connectivity index (χ4n) is 4.87. The highest BCUT2D eigenvalue weighted by Crippen LogP contribution is 2.28. The predicted octanol–water partition coefficient (Wildman–Crippen LogP) is 3.13. The van der Waals surface area contributed by atoms with Crippen molar-refractivity contribution < 1.29 is 42.3 Å². The maximum Gasteiger partial charge on any atom is 0.263 e. The molecule has 0 spiro atoms. The minimum absolute atomic E-state index is 0.0183. The van der Waals surface area contributed by atoms with Crippen molar-refractivity contribution in [2.45, 2.75) is 51.9 Å². The molecule has 0 radical (unpaired) electrons. The maximum atomic E-state index is 14.2. The Morgan fingerprint density at radius 2 is 1.67 bits per heavy atom. The van der Waals surface area contributed by atoms with Crippen LogP contribution in [-0.4, -0.2) is 57.0 Å². The molecule has 0 saturated heterocycles. The van der Waals surface area contributed by atoms with Gasteiger partial charge in [0.1, 0.15) is 52.6 Å². The third kappa shape index (κ3) is 7.74. The largest absolute Gasteiger partial charge is 0.507 e. The van der Waals surface area contributed by atoms with Crippen LogP contribution in [0, 0.1) is 17.6 Å². The smallest absolute Gasteiger partial charge is 0.263 e. The summed E-state index contributed by atoms with van der Waals surface area (Å²) in [4.78, 5) is 57.0. The minimum Gasteiger partial charge on any atom is -0.507 e. The lowest BCUT2D eigenvalue weighted by atomic mass is 10.0. The molecule has 0 unspecified atom stereocenters. The molecule has 13 nitrogen and oxygen atoms in total. The zero-order valence-corrected chi connectivity index (χ0v) is 26.0. The van der Waals surface area contributed by atoms with Gasteiger partial charge in [-0.25, -0.2) is 8.78 Å². The van der Waals surface area contributed by atoms with Crippen molar-refractivity contribution in [1.82, 2.24) is 31.4 Å². The third-order valence-corrected chi connectivity index (χ3v) is 7.50. The van der Waals surface area contributed by atoms with Gasteiger partial charge in [0.05, 0.1) is 12.1 Å². The van der Waals surface area contributed by atoms with Crippen LogP contribution in [0.15, 0.2) is 65.2 Å². The van der Waals surface area contributed by atoms with Crippen molar-refractivity contribution in [3.05, 3.63) is 89.2 Å². The topological polar surface area (TPSA) is 185 Å². The Morgan fingerprint density at radius 3 is 2.35 bits per heavy atom. The summed E-state index contributed by atoms with van der Waals surface area (Å²) in [6.07, 6.45) is 0.0183. The number of carbonyl (C=O) groups excluding carboxylic acids is 4. The summed E-state index contributed by atoms with van der Waals surface area (Å²) in [6, 6.07) is 10.6. The average Bonchev–Trinajstić information content (AvgIpc) is 3.51. The third-order valence-electron chi connectivity index (χ3n) is 7.50. The monoisotopic (exact) mass is 662 g/mol. The number of carbonyl (C=O) groups is 4. The molecule has 2 aliphatic heterocycles. The van der Waals surface area contributed by atoms with Crippen LogP contribution in [0.1, 0.15) is 42.5 Å². The fourth-order valence-corrected chi connectivity index (χ4v) is 4.87. The van der Waals surface area contributed by atoms with E-state index in [1.165, 1.54) is 31.2 Å². The van der Waals surface area contributed by atoms with E-state index >= 15 is 0 Å². The molecule has 3 heterocycles. The number of fused-ring (bicyclic) bond motifs is 11. The van der Waals surface area contributed by atoms with Gasteiger partial charge in [-0.15, -0.1) is 0 Å². The molecule has 0 saturated carbocycles. The van der Waals surface area contributed by atoms with E-state index in [0.29, 0.717) is 11.3 Å². The molecular formula is C33H32F2N6O7. The van der Waals surface area contributed by atoms with Crippen LogP contribution < -0.4 is 26.0 Å². The highest BCUT2D eigenvalue weighted by molar-refractivity contribution is 6.00. The average molecular weight is 663 g/mol. The van der Waals surface area contributed by atoms with Gasteiger partial charge >= 0.3 is 0 Å².